The number of amides is 8. The second kappa shape index (κ2) is 22.4. The molecule has 2 aromatic rings. The number of carbonyl (C=O) groups is 9. The number of aliphatic carboxylic acids is 1. The largest absolute Gasteiger partial charge is 0.480 e. The highest BCUT2D eigenvalue weighted by atomic mass is 16.4. The number of hydrogen-bond donors (Lipinski definition) is 13. The number of aliphatic hydroxyl groups excluding tert-OH is 2. The Bertz CT molecular complexity index is 1780. The minimum Gasteiger partial charge on any atom is -0.480 e. The van der Waals surface area contributed by atoms with Gasteiger partial charge in [-0.1, -0.05) is 32.0 Å². The van der Waals surface area contributed by atoms with E-state index in [0.29, 0.717) is 5.56 Å². The van der Waals surface area contributed by atoms with E-state index in [1.165, 1.54) is 6.92 Å². The van der Waals surface area contributed by atoms with Crippen LogP contribution in [0.4, 0.5) is 0 Å². The van der Waals surface area contributed by atoms with Crippen LogP contribution < -0.4 is 49.1 Å². The molecular formula is C35H52N10O12. The number of para-hydroxylation sites is 1. The number of aliphatic hydroxyl groups is 2. The van der Waals surface area contributed by atoms with Gasteiger partial charge in [0.2, 0.25) is 47.3 Å². The maximum Gasteiger partial charge on any atom is 0.326 e. The van der Waals surface area contributed by atoms with E-state index < -0.39 is 128 Å². The van der Waals surface area contributed by atoms with Crippen molar-refractivity contribution in [3.8, 4) is 0 Å². The Labute approximate surface area is 326 Å². The Hall–Kier alpha value is -6.13. The van der Waals surface area contributed by atoms with Gasteiger partial charge < -0.3 is 69.4 Å². The number of hydrogen-bond acceptors (Lipinski definition) is 12. The Kier molecular flexibility index (Phi) is 18.5. The Morgan fingerprint density at radius 2 is 1.35 bits per heavy atom. The van der Waals surface area contributed by atoms with Crippen molar-refractivity contribution in [2.75, 3.05) is 13.2 Å². The SMILES string of the molecule is CC(C)C[C@H](NC(=O)[C@H](Cc1c[nH]c2ccccc12)NC(=O)[C@@H](NC(=O)CNC(=O)[C@H](CCC(N)=O)NC(=O)[C@H](CC(N)=O)NC(=O)[C@@H](N)CO)[C@@H](C)O)C(=O)O. The third kappa shape index (κ3) is 15.5. The van der Waals surface area contributed by atoms with Crippen LogP contribution in [-0.4, -0.2) is 129 Å². The lowest BCUT2D eigenvalue weighted by molar-refractivity contribution is -0.143. The standard InChI is InChI=1S/C35H52N10O12/c1-16(2)10-25(35(56)57)44-32(53)23(11-18-13-39-21-7-5-4-6-19(18)21)43-34(55)29(17(3)47)45-28(50)14-40-31(52)22(8-9-26(37)48)41-33(54)24(12-27(38)49)42-30(51)20(36)15-46/h4-7,13,16-17,20,22-25,29,39,46-47H,8-12,14-15,36H2,1-3H3,(H2,37,48)(H2,38,49)(H,40,52)(H,41,54)(H,42,51)(H,43,55)(H,44,53)(H,45,50)(H,56,57)/t17-,20+,22+,23+,24+,25+,29+/m1/s1. The number of aromatic amines is 1. The van der Waals surface area contributed by atoms with Crippen molar-refractivity contribution in [2.45, 2.75) is 95.2 Å². The average Bonchev–Trinajstić information content (AvgIpc) is 3.54. The van der Waals surface area contributed by atoms with Crippen LogP contribution in [0.25, 0.3) is 10.9 Å². The molecule has 1 heterocycles. The first-order chi connectivity index (χ1) is 26.7. The fourth-order valence-corrected chi connectivity index (χ4v) is 5.48. The van der Waals surface area contributed by atoms with E-state index >= 15 is 0 Å². The molecule has 8 amide bonds. The lowest BCUT2D eigenvalue weighted by Gasteiger charge is -2.26. The number of carbonyl (C=O) groups excluding carboxylic acids is 8. The molecule has 0 aliphatic carbocycles. The molecule has 16 N–H and O–H groups in total. The zero-order valence-electron chi connectivity index (χ0n) is 31.7. The van der Waals surface area contributed by atoms with Gasteiger partial charge in [-0.15, -0.1) is 0 Å². The van der Waals surface area contributed by atoms with E-state index in [4.69, 9.17) is 22.3 Å². The van der Waals surface area contributed by atoms with E-state index in [9.17, 15) is 53.4 Å². The molecular weight excluding hydrogens is 752 g/mol. The maximum absolute atomic E-state index is 13.6. The van der Waals surface area contributed by atoms with E-state index in [2.05, 4.69) is 36.9 Å². The Balaban J connectivity index is 2.23. The van der Waals surface area contributed by atoms with Gasteiger partial charge >= 0.3 is 5.97 Å². The summed E-state index contributed by atoms with van der Waals surface area (Å²) in [5.41, 5.74) is 17.2. The molecule has 0 saturated heterocycles. The molecule has 2 rings (SSSR count). The number of primary amides is 2. The first-order valence-corrected chi connectivity index (χ1v) is 17.9. The summed E-state index contributed by atoms with van der Waals surface area (Å²) in [5, 5.41) is 43.8. The molecule has 1 aromatic heterocycles. The summed E-state index contributed by atoms with van der Waals surface area (Å²) in [6, 6.07) is -1.95. The summed E-state index contributed by atoms with van der Waals surface area (Å²) in [7, 11) is 0. The third-order valence-electron chi connectivity index (χ3n) is 8.44. The molecule has 22 heteroatoms. The zero-order valence-corrected chi connectivity index (χ0v) is 31.7. The highest BCUT2D eigenvalue weighted by molar-refractivity contribution is 5.97. The van der Waals surface area contributed by atoms with Crippen LogP contribution in [-0.2, 0) is 49.6 Å². The van der Waals surface area contributed by atoms with Gasteiger partial charge in [0, 0.05) is 29.9 Å². The van der Waals surface area contributed by atoms with Crippen molar-refractivity contribution in [2.24, 2.45) is 23.1 Å². The smallest absolute Gasteiger partial charge is 0.326 e. The summed E-state index contributed by atoms with van der Waals surface area (Å²) in [5.74, 6) is -9.37. The quantitative estimate of drug-likeness (QED) is 0.0475. The number of carboxylic acid groups (broad SMARTS) is 1. The predicted octanol–water partition coefficient (Wildman–Crippen LogP) is -4.78. The molecule has 7 atom stereocenters. The molecule has 314 valence electrons. The van der Waals surface area contributed by atoms with Crippen LogP contribution in [0.5, 0.6) is 0 Å². The number of benzene rings is 1. The molecule has 0 fully saturated rings. The number of aromatic nitrogens is 1. The van der Waals surface area contributed by atoms with Gasteiger partial charge in [-0.3, -0.25) is 38.4 Å². The Morgan fingerprint density at radius 1 is 0.754 bits per heavy atom. The summed E-state index contributed by atoms with van der Waals surface area (Å²) >= 11 is 0. The molecule has 22 nitrogen and oxygen atoms in total. The van der Waals surface area contributed by atoms with E-state index in [1.54, 1.807) is 44.3 Å². The second-order valence-electron chi connectivity index (χ2n) is 13.7. The number of fused-ring (bicyclic) bond motifs is 1. The van der Waals surface area contributed by atoms with Gasteiger partial charge in [-0.2, -0.15) is 0 Å². The molecule has 0 saturated carbocycles. The first kappa shape index (κ1) is 47.0. The highest BCUT2D eigenvalue weighted by Gasteiger charge is 2.33. The van der Waals surface area contributed by atoms with Gasteiger partial charge in [0.05, 0.1) is 25.7 Å². The summed E-state index contributed by atoms with van der Waals surface area (Å²) in [6.45, 7) is 3.06. The zero-order chi connectivity index (χ0) is 43.0. The van der Waals surface area contributed by atoms with E-state index in [1.807, 2.05) is 0 Å². The van der Waals surface area contributed by atoms with Crippen LogP contribution in [0.3, 0.4) is 0 Å². The van der Waals surface area contributed by atoms with Crippen molar-refractivity contribution < 1.29 is 58.5 Å². The maximum atomic E-state index is 13.6. The van der Waals surface area contributed by atoms with Crippen LogP contribution in [0, 0.1) is 5.92 Å². The average molecular weight is 805 g/mol. The summed E-state index contributed by atoms with van der Waals surface area (Å²) in [4.78, 5) is 116. The van der Waals surface area contributed by atoms with Crippen molar-refractivity contribution >= 4 is 64.1 Å². The van der Waals surface area contributed by atoms with Crippen LogP contribution in [0.1, 0.15) is 52.0 Å². The molecule has 0 bridgehead atoms. The van der Waals surface area contributed by atoms with E-state index in [-0.39, 0.29) is 18.8 Å². The fraction of sp³-hybridized carbons (Fsp3) is 0.514. The van der Waals surface area contributed by atoms with Crippen molar-refractivity contribution in [1.29, 1.82) is 0 Å². The molecule has 0 radical (unpaired) electrons. The second-order valence-corrected chi connectivity index (χ2v) is 13.7. The number of nitrogens with one attached hydrogen (secondary N) is 7. The van der Waals surface area contributed by atoms with Crippen molar-refractivity contribution in [3.05, 3.63) is 36.0 Å². The molecule has 0 aliphatic rings. The lowest BCUT2D eigenvalue weighted by Crippen LogP contribution is -2.60. The normalized spacial score (nSPS) is 14.8. The predicted molar refractivity (Wildman–Crippen MR) is 201 cm³/mol. The fourth-order valence-electron chi connectivity index (χ4n) is 5.48. The minimum atomic E-state index is -1.70. The molecule has 0 spiro atoms. The lowest BCUT2D eigenvalue weighted by atomic mass is 10.0. The summed E-state index contributed by atoms with van der Waals surface area (Å²) < 4.78 is 0. The third-order valence-corrected chi connectivity index (χ3v) is 8.44. The van der Waals surface area contributed by atoms with Crippen LogP contribution in [0.2, 0.25) is 0 Å². The number of carboxylic acids is 1. The molecule has 0 aliphatic heterocycles. The van der Waals surface area contributed by atoms with Gasteiger partial charge in [-0.25, -0.2) is 4.79 Å². The summed E-state index contributed by atoms with van der Waals surface area (Å²) in [6.07, 6.45) is -1.56. The minimum absolute atomic E-state index is 0.0871. The monoisotopic (exact) mass is 804 g/mol. The number of H-pyrrole nitrogens is 1. The topological polar surface area (TPSA) is 380 Å². The van der Waals surface area contributed by atoms with Gasteiger partial charge in [-0.05, 0) is 37.3 Å². The highest BCUT2D eigenvalue weighted by Crippen LogP contribution is 2.19. The Morgan fingerprint density at radius 3 is 1.93 bits per heavy atom. The van der Waals surface area contributed by atoms with Crippen molar-refractivity contribution in [3.63, 3.8) is 0 Å². The van der Waals surface area contributed by atoms with Crippen LogP contribution >= 0.6 is 0 Å². The first-order valence-electron chi connectivity index (χ1n) is 17.9. The molecule has 57 heavy (non-hydrogen) atoms. The number of rotatable bonds is 24. The van der Waals surface area contributed by atoms with Crippen LogP contribution in [0.15, 0.2) is 30.5 Å². The number of nitrogens with two attached hydrogens (primary N) is 3. The molecule has 1 aromatic carbocycles. The van der Waals surface area contributed by atoms with Gasteiger partial charge in [0.15, 0.2) is 0 Å². The van der Waals surface area contributed by atoms with Gasteiger partial charge in [0.1, 0.15) is 36.3 Å². The molecule has 0 unspecified atom stereocenters. The van der Waals surface area contributed by atoms with Gasteiger partial charge in [0.25, 0.3) is 0 Å². The van der Waals surface area contributed by atoms with Crippen molar-refractivity contribution in [1.82, 2.24) is 36.9 Å². The van der Waals surface area contributed by atoms with E-state index in [0.717, 1.165) is 10.9 Å².